The van der Waals surface area contributed by atoms with E-state index in [2.05, 4.69) is 36.5 Å². The molecule has 1 fully saturated rings. The van der Waals surface area contributed by atoms with Crippen LogP contribution in [-0.4, -0.2) is 24.5 Å². The van der Waals surface area contributed by atoms with Gasteiger partial charge in [-0.3, -0.25) is 14.9 Å². The molecule has 1 N–H and O–H groups in total. The van der Waals surface area contributed by atoms with Crippen LogP contribution >= 0.6 is 11.6 Å². The Morgan fingerprint density at radius 2 is 1.65 bits per heavy atom. The molecule has 0 unspecified atom stereocenters. The number of imide groups is 2. The number of benzene rings is 4. The van der Waals surface area contributed by atoms with E-state index in [0.29, 0.717) is 35.3 Å². The van der Waals surface area contributed by atoms with Gasteiger partial charge in [-0.1, -0.05) is 60.1 Å². The van der Waals surface area contributed by atoms with E-state index < -0.39 is 17.8 Å². The lowest BCUT2D eigenvalue weighted by molar-refractivity contribution is -0.122. The molecule has 8 heteroatoms. The van der Waals surface area contributed by atoms with E-state index in [-0.39, 0.29) is 11.3 Å². The fourth-order valence-corrected chi connectivity index (χ4v) is 4.74. The van der Waals surface area contributed by atoms with Crippen molar-refractivity contribution in [3.8, 4) is 11.5 Å². The molecule has 40 heavy (non-hydrogen) atoms. The summed E-state index contributed by atoms with van der Waals surface area (Å²) >= 11 is 6.21. The van der Waals surface area contributed by atoms with Gasteiger partial charge in [0.05, 0.1) is 12.3 Å². The molecule has 7 nitrogen and oxygen atoms in total. The van der Waals surface area contributed by atoms with E-state index in [1.807, 2.05) is 26.0 Å². The summed E-state index contributed by atoms with van der Waals surface area (Å²) in [5, 5.41) is 4.89. The largest absolute Gasteiger partial charge is 0.490 e. The fourth-order valence-electron chi connectivity index (χ4n) is 4.57. The van der Waals surface area contributed by atoms with Crippen LogP contribution in [0.25, 0.3) is 16.8 Å². The van der Waals surface area contributed by atoms with Crippen LogP contribution < -0.4 is 19.7 Å². The molecule has 0 spiro atoms. The SMILES string of the molecule is CCOc1cc(/C=C2\C(=O)NC(=O)N(c3ccc(C)c(Cl)c3)C2=O)ccc1OCc1c(C)ccc2ccccc12. The number of rotatable bonds is 7. The van der Waals surface area contributed by atoms with Crippen LogP contribution in [0.5, 0.6) is 11.5 Å². The molecule has 202 valence electrons. The minimum Gasteiger partial charge on any atom is -0.490 e. The maximum Gasteiger partial charge on any atom is 0.335 e. The molecule has 4 aromatic carbocycles. The van der Waals surface area contributed by atoms with Crippen molar-refractivity contribution < 1.29 is 23.9 Å². The number of hydrogen-bond acceptors (Lipinski definition) is 5. The maximum absolute atomic E-state index is 13.3. The van der Waals surface area contributed by atoms with Gasteiger partial charge in [0.15, 0.2) is 11.5 Å². The average Bonchev–Trinajstić information content (AvgIpc) is 2.93. The first-order valence-electron chi connectivity index (χ1n) is 12.8. The van der Waals surface area contributed by atoms with E-state index in [1.165, 1.54) is 12.1 Å². The Bertz CT molecular complexity index is 1690. The van der Waals surface area contributed by atoms with Crippen molar-refractivity contribution in [2.45, 2.75) is 27.4 Å². The van der Waals surface area contributed by atoms with Crippen LogP contribution in [0, 0.1) is 13.8 Å². The molecule has 5 rings (SSSR count). The second-order valence-corrected chi connectivity index (χ2v) is 9.81. The van der Waals surface area contributed by atoms with Crippen LogP contribution in [0.1, 0.15) is 29.2 Å². The second kappa shape index (κ2) is 11.2. The molecule has 1 heterocycles. The molecular formula is C32H27ClN2O5. The molecule has 0 aliphatic carbocycles. The standard InChI is InChI=1S/C32H27ClN2O5/c1-4-39-29-16-21(11-14-28(29)40-18-26-19(2)9-12-22-7-5-6-8-24(22)26)15-25-30(36)34-32(38)35(31(25)37)23-13-10-20(3)27(33)17-23/h5-17H,4,18H2,1-3H3,(H,34,36,38)/b25-15+. The van der Waals surface area contributed by atoms with Gasteiger partial charge in [-0.15, -0.1) is 0 Å². The lowest BCUT2D eigenvalue weighted by Crippen LogP contribution is -2.54. The number of ether oxygens (including phenoxy) is 2. The predicted molar refractivity (Wildman–Crippen MR) is 156 cm³/mol. The summed E-state index contributed by atoms with van der Waals surface area (Å²) in [4.78, 5) is 39.4. The monoisotopic (exact) mass is 554 g/mol. The summed E-state index contributed by atoms with van der Waals surface area (Å²) in [6.45, 7) is 6.45. The highest BCUT2D eigenvalue weighted by atomic mass is 35.5. The number of carbonyl (C=O) groups excluding carboxylic acids is 3. The van der Waals surface area contributed by atoms with Crippen LogP contribution in [0.2, 0.25) is 5.02 Å². The Labute approximate surface area is 237 Å². The number of barbiturate groups is 1. The van der Waals surface area contributed by atoms with Gasteiger partial charge in [-0.05, 0) is 78.6 Å². The normalized spacial score (nSPS) is 14.6. The highest BCUT2D eigenvalue weighted by Crippen LogP contribution is 2.33. The summed E-state index contributed by atoms with van der Waals surface area (Å²) in [5.41, 5.74) is 3.60. The zero-order valence-electron chi connectivity index (χ0n) is 22.3. The Morgan fingerprint density at radius 3 is 2.42 bits per heavy atom. The summed E-state index contributed by atoms with van der Waals surface area (Å²) in [7, 11) is 0. The van der Waals surface area contributed by atoms with Crippen molar-refractivity contribution in [2.75, 3.05) is 11.5 Å². The minimum absolute atomic E-state index is 0.196. The predicted octanol–water partition coefficient (Wildman–Crippen LogP) is 6.75. The van der Waals surface area contributed by atoms with Gasteiger partial charge in [0.1, 0.15) is 12.2 Å². The lowest BCUT2D eigenvalue weighted by atomic mass is 10.0. The zero-order valence-corrected chi connectivity index (χ0v) is 23.0. The topological polar surface area (TPSA) is 84.9 Å². The van der Waals surface area contributed by atoms with Crippen molar-refractivity contribution >= 4 is 52.0 Å². The smallest absolute Gasteiger partial charge is 0.335 e. The second-order valence-electron chi connectivity index (χ2n) is 9.40. The quantitative estimate of drug-likeness (QED) is 0.202. The van der Waals surface area contributed by atoms with Gasteiger partial charge >= 0.3 is 6.03 Å². The number of carbonyl (C=O) groups is 3. The number of urea groups is 1. The molecule has 0 saturated carbocycles. The van der Waals surface area contributed by atoms with E-state index >= 15 is 0 Å². The van der Waals surface area contributed by atoms with Crippen molar-refractivity contribution in [2.24, 2.45) is 0 Å². The van der Waals surface area contributed by atoms with Crippen LogP contribution in [0.3, 0.4) is 0 Å². The third-order valence-corrected chi connectivity index (χ3v) is 7.15. The van der Waals surface area contributed by atoms with E-state index in [1.54, 1.807) is 30.3 Å². The summed E-state index contributed by atoms with van der Waals surface area (Å²) in [5.74, 6) is -0.536. The molecule has 0 atom stereocenters. The van der Waals surface area contributed by atoms with Gasteiger partial charge in [0, 0.05) is 10.6 Å². The third-order valence-electron chi connectivity index (χ3n) is 6.74. The number of nitrogens with zero attached hydrogens (tertiary/aromatic N) is 1. The summed E-state index contributed by atoms with van der Waals surface area (Å²) in [6, 6.07) is 21.5. The Hall–Kier alpha value is -4.62. The number of anilines is 1. The van der Waals surface area contributed by atoms with Crippen LogP contribution in [0.4, 0.5) is 10.5 Å². The molecule has 1 aliphatic heterocycles. The first kappa shape index (κ1) is 27.0. The molecule has 0 bridgehead atoms. The van der Waals surface area contributed by atoms with Gasteiger partial charge in [-0.2, -0.15) is 0 Å². The summed E-state index contributed by atoms with van der Waals surface area (Å²) in [6.07, 6.45) is 1.42. The van der Waals surface area contributed by atoms with Gasteiger partial charge in [0.25, 0.3) is 11.8 Å². The van der Waals surface area contributed by atoms with Gasteiger partial charge in [0.2, 0.25) is 0 Å². The average molecular weight is 555 g/mol. The number of nitrogens with one attached hydrogen (secondary N) is 1. The Morgan fingerprint density at radius 1 is 0.875 bits per heavy atom. The van der Waals surface area contributed by atoms with Crippen LogP contribution in [0.15, 0.2) is 78.4 Å². The van der Waals surface area contributed by atoms with Crippen molar-refractivity contribution in [1.82, 2.24) is 5.32 Å². The van der Waals surface area contributed by atoms with Crippen LogP contribution in [-0.2, 0) is 16.2 Å². The lowest BCUT2D eigenvalue weighted by Gasteiger charge is -2.26. The van der Waals surface area contributed by atoms with Crippen molar-refractivity contribution in [3.05, 3.63) is 106 Å². The number of aryl methyl sites for hydroxylation is 2. The zero-order chi connectivity index (χ0) is 28.4. The molecule has 4 aromatic rings. The Balaban J connectivity index is 1.44. The van der Waals surface area contributed by atoms with Crippen molar-refractivity contribution in [3.63, 3.8) is 0 Å². The molecule has 0 radical (unpaired) electrons. The molecule has 0 aromatic heterocycles. The number of halogens is 1. The molecular weight excluding hydrogens is 528 g/mol. The highest BCUT2D eigenvalue weighted by molar-refractivity contribution is 6.39. The number of fused-ring (bicyclic) bond motifs is 1. The number of amides is 4. The molecule has 1 saturated heterocycles. The molecule has 1 aliphatic rings. The third kappa shape index (κ3) is 5.28. The molecule has 4 amide bonds. The summed E-state index contributed by atoms with van der Waals surface area (Å²) < 4.78 is 12.0. The van der Waals surface area contributed by atoms with E-state index in [0.717, 1.165) is 32.4 Å². The first-order valence-corrected chi connectivity index (χ1v) is 13.2. The number of hydrogen-bond donors (Lipinski definition) is 1. The Kier molecular flexibility index (Phi) is 7.58. The van der Waals surface area contributed by atoms with E-state index in [4.69, 9.17) is 21.1 Å². The first-order chi connectivity index (χ1) is 19.3. The van der Waals surface area contributed by atoms with Gasteiger partial charge < -0.3 is 9.47 Å². The fraction of sp³-hybridized carbons (Fsp3) is 0.156. The van der Waals surface area contributed by atoms with E-state index in [9.17, 15) is 14.4 Å². The minimum atomic E-state index is -0.838. The van der Waals surface area contributed by atoms with Gasteiger partial charge in [-0.25, -0.2) is 9.69 Å². The van der Waals surface area contributed by atoms with Crippen molar-refractivity contribution in [1.29, 1.82) is 0 Å². The maximum atomic E-state index is 13.3. The highest BCUT2D eigenvalue weighted by Gasteiger charge is 2.37.